The second kappa shape index (κ2) is 6.91. The van der Waals surface area contributed by atoms with E-state index in [1.54, 1.807) is 33.2 Å². The maximum absolute atomic E-state index is 12.7. The van der Waals surface area contributed by atoms with E-state index < -0.39 is 10.0 Å². The Kier molecular flexibility index (Phi) is 5.74. The largest absolute Gasteiger partial charge is 0.399 e. The van der Waals surface area contributed by atoms with Gasteiger partial charge in [0.1, 0.15) is 0 Å². The summed E-state index contributed by atoms with van der Waals surface area (Å²) < 4.78 is 26.6. The van der Waals surface area contributed by atoms with Crippen LogP contribution in [0.3, 0.4) is 0 Å². The van der Waals surface area contributed by atoms with Crippen molar-refractivity contribution in [2.45, 2.75) is 25.2 Å². The van der Waals surface area contributed by atoms with Gasteiger partial charge in [0, 0.05) is 26.3 Å². The molecule has 1 amide bonds. The minimum absolute atomic E-state index is 0.125. The van der Waals surface area contributed by atoms with Crippen molar-refractivity contribution in [3.8, 4) is 0 Å². The molecule has 118 valence electrons. The van der Waals surface area contributed by atoms with Crippen molar-refractivity contribution in [1.29, 1.82) is 0 Å². The zero-order chi connectivity index (χ0) is 16.2. The summed E-state index contributed by atoms with van der Waals surface area (Å²) in [4.78, 5) is 13.3. The molecule has 0 heterocycles. The second-order valence-electron chi connectivity index (χ2n) is 5.21. The predicted molar refractivity (Wildman–Crippen MR) is 83.3 cm³/mol. The Bertz CT molecular complexity index is 592. The molecule has 6 nitrogen and oxygen atoms in total. The molecule has 21 heavy (non-hydrogen) atoms. The van der Waals surface area contributed by atoms with Crippen LogP contribution in [0.15, 0.2) is 23.1 Å². The first kappa shape index (κ1) is 17.5. The lowest BCUT2D eigenvalue weighted by atomic mass is 10.2. The van der Waals surface area contributed by atoms with Crippen LogP contribution in [0, 0.1) is 6.92 Å². The minimum atomic E-state index is -3.73. The lowest BCUT2D eigenvalue weighted by Gasteiger charge is -2.23. The monoisotopic (exact) mass is 313 g/mol. The maximum Gasteiger partial charge on any atom is 0.243 e. The number of nitrogens with two attached hydrogens (primary N) is 1. The van der Waals surface area contributed by atoms with Crippen molar-refractivity contribution >= 4 is 21.6 Å². The summed E-state index contributed by atoms with van der Waals surface area (Å²) in [6.07, 6.45) is 0.626. The number of sulfonamides is 1. The first-order valence-electron chi connectivity index (χ1n) is 6.76. The van der Waals surface area contributed by atoms with Gasteiger partial charge in [0.15, 0.2) is 0 Å². The van der Waals surface area contributed by atoms with Gasteiger partial charge in [0.05, 0.1) is 11.4 Å². The predicted octanol–water partition coefficient (Wildman–Crippen LogP) is 1.07. The lowest BCUT2D eigenvalue weighted by Crippen LogP contribution is -2.40. The topological polar surface area (TPSA) is 83.7 Å². The standard InChI is InChI=1S/C14H23N3O3S/c1-5-6-17(10-14(18)16(3)4)21(19,20)13-8-11(2)7-12(15)9-13/h7-9H,5-6,10,15H2,1-4H3. The fourth-order valence-electron chi connectivity index (χ4n) is 1.90. The van der Waals surface area contributed by atoms with E-state index in [-0.39, 0.29) is 23.9 Å². The Balaban J connectivity index is 3.18. The molecule has 0 atom stereocenters. The number of hydrogen-bond acceptors (Lipinski definition) is 4. The summed E-state index contributed by atoms with van der Waals surface area (Å²) in [6, 6.07) is 4.69. The number of hydrogen-bond donors (Lipinski definition) is 1. The number of nitrogen functional groups attached to an aromatic ring is 1. The number of carbonyl (C=O) groups is 1. The Labute approximate surface area is 126 Å². The molecule has 0 aromatic heterocycles. The van der Waals surface area contributed by atoms with Gasteiger partial charge in [-0.1, -0.05) is 6.92 Å². The van der Waals surface area contributed by atoms with Crippen LogP contribution in [0.25, 0.3) is 0 Å². The Morgan fingerprint density at radius 2 is 1.86 bits per heavy atom. The highest BCUT2D eigenvalue weighted by molar-refractivity contribution is 7.89. The Hall–Kier alpha value is -1.60. The quantitative estimate of drug-likeness (QED) is 0.796. The van der Waals surface area contributed by atoms with Gasteiger partial charge in [0.2, 0.25) is 15.9 Å². The molecule has 0 unspecified atom stereocenters. The van der Waals surface area contributed by atoms with Crippen LogP contribution >= 0.6 is 0 Å². The number of likely N-dealkylation sites (N-methyl/N-ethyl adjacent to an activating group) is 1. The van der Waals surface area contributed by atoms with Crippen molar-refractivity contribution in [1.82, 2.24) is 9.21 Å². The zero-order valence-electron chi connectivity index (χ0n) is 13.0. The van der Waals surface area contributed by atoms with Crippen LogP contribution < -0.4 is 5.73 Å². The van der Waals surface area contributed by atoms with Crippen LogP contribution in [0.1, 0.15) is 18.9 Å². The molecule has 0 aliphatic carbocycles. The van der Waals surface area contributed by atoms with E-state index in [1.165, 1.54) is 15.3 Å². The first-order valence-corrected chi connectivity index (χ1v) is 8.20. The van der Waals surface area contributed by atoms with E-state index in [2.05, 4.69) is 0 Å². The molecular weight excluding hydrogens is 290 g/mol. The average Bonchev–Trinajstić information content (AvgIpc) is 2.36. The minimum Gasteiger partial charge on any atom is -0.399 e. The molecule has 0 spiro atoms. The summed E-state index contributed by atoms with van der Waals surface area (Å²) in [7, 11) is -0.529. The smallest absolute Gasteiger partial charge is 0.243 e. The molecule has 0 bridgehead atoms. The number of carbonyl (C=O) groups excluding carboxylic acids is 1. The lowest BCUT2D eigenvalue weighted by molar-refractivity contribution is -0.128. The van der Waals surface area contributed by atoms with Gasteiger partial charge in [-0.3, -0.25) is 4.79 Å². The van der Waals surface area contributed by atoms with Crippen molar-refractivity contribution in [3.05, 3.63) is 23.8 Å². The van der Waals surface area contributed by atoms with Crippen molar-refractivity contribution < 1.29 is 13.2 Å². The third-order valence-electron chi connectivity index (χ3n) is 2.99. The fourth-order valence-corrected chi connectivity index (χ4v) is 3.52. The summed E-state index contributed by atoms with van der Waals surface area (Å²) >= 11 is 0. The molecule has 0 radical (unpaired) electrons. The van der Waals surface area contributed by atoms with E-state index in [0.29, 0.717) is 12.1 Å². The molecule has 0 saturated carbocycles. The number of benzene rings is 1. The van der Waals surface area contributed by atoms with Crippen molar-refractivity contribution in [2.75, 3.05) is 32.9 Å². The highest BCUT2D eigenvalue weighted by Gasteiger charge is 2.26. The Morgan fingerprint density at radius 3 is 2.33 bits per heavy atom. The molecular formula is C14H23N3O3S. The molecule has 0 aliphatic heterocycles. The highest BCUT2D eigenvalue weighted by atomic mass is 32.2. The van der Waals surface area contributed by atoms with Gasteiger partial charge in [0.25, 0.3) is 0 Å². The van der Waals surface area contributed by atoms with Crippen LogP contribution in [-0.4, -0.2) is 50.7 Å². The number of anilines is 1. The molecule has 0 fully saturated rings. The van der Waals surface area contributed by atoms with E-state index in [0.717, 1.165) is 5.56 Å². The Morgan fingerprint density at radius 1 is 1.24 bits per heavy atom. The van der Waals surface area contributed by atoms with E-state index >= 15 is 0 Å². The summed E-state index contributed by atoms with van der Waals surface area (Å²) in [6.45, 7) is 3.77. The summed E-state index contributed by atoms with van der Waals surface area (Å²) in [5.41, 5.74) is 6.88. The van der Waals surface area contributed by atoms with Crippen LogP contribution in [0.4, 0.5) is 5.69 Å². The van der Waals surface area contributed by atoms with Crippen LogP contribution in [-0.2, 0) is 14.8 Å². The van der Waals surface area contributed by atoms with E-state index in [9.17, 15) is 13.2 Å². The summed E-state index contributed by atoms with van der Waals surface area (Å²) in [5, 5.41) is 0. The highest BCUT2D eigenvalue weighted by Crippen LogP contribution is 2.20. The normalized spacial score (nSPS) is 11.7. The molecule has 0 aliphatic rings. The molecule has 7 heteroatoms. The average molecular weight is 313 g/mol. The SMILES string of the molecule is CCCN(CC(=O)N(C)C)S(=O)(=O)c1cc(C)cc(N)c1. The second-order valence-corrected chi connectivity index (χ2v) is 7.14. The number of nitrogens with zero attached hydrogens (tertiary/aromatic N) is 2. The molecule has 1 aromatic carbocycles. The van der Waals surface area contributed by atoms with Gasteiger partial charge >= 0.3 is 0 Å². The van der Waals surface area contributed by atoms with Crippen molar-refractivity contribution in [3.63, 3.8) is 0 Å². The van der Waals surface area contributed by atoms with Gasteiger partial charge in [-0.15, -0.1) is 0 Å². The van der Waals surface area contributed by atoms with Gasteiger partial charge in [-0.25, -0.2) is 8.42 Å². The van der Waals surface area contributed by atoms with Crippen LogP contribution in [0.5, 0.6) is 0 Å². The molecule has 1 aromatic rings. The molecule has 0 saturated heterocycles. The number of rotatable bonds is 6. The fraction of sp³-hybridized carbons (Fsp3) is 0.500. The number of amides is 1. The summed E-state index contributed by atoms with van der Waals surface area (Å²) in [5.74, 6) is -0.257. The third-order valence-corrected chi connectivity index (χ3v) is 4.82. The molecule has 2 N–H and O–H groups in total. The van der Waals surface area contributed by atoms with Gasteiger partial charge in [-0.05, 0) is 37.1 Å². The van der Waals surface area contributed by atoms with Crippen molar-refractivity contribution in [2.24, 2.45) is 0 Å². The van der Waals surface area contributed by atoms with E-state index in [1.807, 2.05) is 6.92 Å². The number of aryl methyl sites for hydroxylation is 1. The van der Waals surface area contributed by atoms with E-state index in [4.69, 9.17) is 5.73 Å². The molecule has 1 rings (SSSR count). The van der Waals surface area contributed by atoms with Gasteiger partial charge in [-0.2, -0.15) is 4.31 Å². The first-order chi connectivity index (χ1) is 9.68. The zero-order valence-corrected chi connectivity index (χ0v) is 13.8. The van der Waals surface area contributed by atoms with Gasteiger partial charge < -0.3 is 10.6 Å². The van der Waals surface area contributed by atoms with Crippen LogP contribution in [0.2, 0.25) is 0 Å². The third kappa shape index (κ3) is 4.44. The maximum atomic E-state index is 12.7.